The molecule has 0 aromatic heterocycles. The fourth-order valence-corrected chi connectivity index (χ4v) is 4.38. The van der Waals surface area contributed by atoms with Crippen LogP contribution in [0.1, 0.15) is 25.8 Å². The number of benzene rings is 2. The van der Waals surface area contributed by atoms with Crippen LogP contribution in [0.3, 0.4) is 0 Å². The summed E-state index contributed by atoms with van der Waals surface area (Å²) in [6.07, 6.45) is -4.28. The second-order valence-corrected chi connectivity index (χ2v) is 9.60. The molecule has 0 atom stereocenters. The summed E-state index contributed by atoms with van der Waals surface area (Å²) in [5.74, 6) is 0.236. The molecule has 0 heterocycles. The first-order valence-electron chi connectivity index (χ1n) is 10.1. The first-order valence-corrected chi connectivity index (χ1v) is 11.5. The quantitative estimate of drug-likeness (QED) is 0.536. The van der Waals surface area contributed by atoms with Gasteiger partial charge in [-0.3, -0.25) is 4.79 Å². The fourth-order valence-electron chi connectivity index (χ4n) is 2.92. The van der Waals surface area contributed by atoms with E-state index in [-0.39, 0.29) is 12.5 Å². The Morgan fingerprint density at radius 2 is 1.79 bits per heavy atom. The standard InChI is InChI=1S/C22H27F3N2O5S/c1-15(2)10-11-27(33(29,30)18-7-5-6-16(12-18)22(23,24)25)14-21(28)26-19-9-8-17(31-3)13-20(19)32-4/h5-9,12-13,15H,10-11,14H2,1-4H3,(H,26,28). The van der Waals surface area contributed by atoms with Gasteiger partial charge in [0.15, 0.2) is 0 Å². The van der Waals surface area contributed by atoms with Crippen molar-refractivity contribution in [1.29, 1.82) is 0 Å². The van der Waals surface area contributed by atoms with Crippen LogP contribution in [0.2, 0.25) is 0 Å². The summed E-state index contributed by atoms with van der Waals surface area (Å²) in [4.78, 5) is 12.2. The summed E-state index contributed by atoms with van der Waals surface area (Å²) in [6.45, 7) is 3.12. The molecular formula is C22H27F3N2O5S. The summed E-state index contributed by atoms with van der Waals surface area (Å²) in [6, 6.07) is 8.15. The van der Waals surface area contributed by atoms with Crippen LogP contribution in [-0.2, 0) is 21.0 Å². The Balaban J connectivity index is 2.32. The van der Waals surface area contributed by atoms with Crippen LogP contribution in [0.15, 0.2) is 47.4 Å². The molecule has 0 aliphatic heterocycles. The average Bonchev–Trinajstić information content (AvgIpc) is 2.76. The number of rotatable bonds is 10. The smallest absolute Gasteiger partial charge is 0.416 e. The molecule has 182 valence electrons. The molecule has 7 nitrogen and oxygen atoms in total. The van der Waals surface area contributed by atoms with E-state index in [9.17, 15) is 26.4 Å². The summed E-state index contributed by atoms with van der Waals surface area (Å²) in [7, 11) is -1.50. The summed E-state index contributed by atoms with van der Waals surface area (Å²) < 4.78 is 76.8. The van der Waals surface area contributed by atoms with Crippen LogP contribution in [0, 0.1) is 5.92 Å². The molecular weight excluding hydrogens is 461 g/mol. The Kier molecular flexibility index (Phi) is 8.73. The average molecular weight is 489 g/mol. The molecule has 2 aromatic rings. The number of hydrogen-bond donors (Lipinski definition) is 1. The number of nitrogens with zero attached hydrogens (tertiary/aromatic N) is 1. The highest BCUT2D eigenvalue weighted by atomic mass is 32.2. The number of alkyl halides is 3. The van der Waals surface area contributed by atoms with E-state index in [1.54, 1.807) is 12.1 Å². The van der Waals surface area contributed by atoms with E-state index < -0.39 is 39.1 Å². The third-order valence-electron chi connectivity index (χ3n) is 4.76. The van der Waals surface area contributed by atoms with Gasteiger partial charge in [-0.05, 0) is 42.7 Å². The maximum absolute atomic E-state index is 13.2. The number of hydrogen-bond acceptors (Lipinski definition) is 5. The molecule has 0 aliphatic carbocycles. The van der Waals surface area contributed by atoms with Crippen molar-refractivity contribution in [2.45, 2.75) is 31.3 Å². The van der Waals surface area contributed by atoms with Crippen molar-refractivity contribution < 1.29 is 35.9 Å². The van der Waals surface area contributed by atoms with Crippen molar-refractivity contribution >= 4 is 21.6 Å². The Bertz CT molecular complexity index is 1070. The summed E-state index contributed by atoms with van der Waals surface area (Å²) in [5, 5.41) is 2.58. The molecule has 0 aliphatic rings. The molecule has 2 rings (SSSR count). The number of ether oxygens (including phenoxy) is 2. The van der Waals surface area contributed by atoms with E-state index in [0.717, 1.165) is 22.5 Å². The highest BCUT2D eigenvalue weighted by Crippen LogP contribution is 2.32. The van der Waals surface area contributed by atoms with Crippen LogP contribution in [0.4, 0.5) is 18.9 Å². The number of anilines is 1. The second kappa shape index (κ2) is 10.9. The van der Waals surface area contributed by atoms with Gasteiger partial charge in [-0.1, -0.05) is 19.9 Å². The van der Waals surface area contributed by atoms with Gasteiger partial charge in [-0.25, -0.2) is 8.42 Å². The number of nitrogens with one attached hydrogen (secondary N) is 1. The minimum atomic E-state index is -4.70. The SMILES string of the molecule is COc1ccc(NC(=O)CN(CCC(C)C)S(=O)(=O)c2cccc(C(F)(F)F)c2)c(OC)c1. The van der Waals surface area contributed by atoms with Crippen LogP contribution in [-0.4, -0.2) is 45.9 Å². The molecule has 0 unspecified atom stereocenters. The zero-order valence-corrected chi connectivity index (χ0v) is 19.6. The maximum atomic E-state index is 13.2. The lowest BCUT2D eigenvalue weighted by Crippen LogP contribution is -2.39. The van der Waals surface area contributed by atoms with Crippen molar-refractivity contribution in [3.05, 3.63) is 48.0 Å². The highest BCUT2D eigenvalue weighted by Gasteiger charge is 2.33. The zero-order valence-electron chi connectivity index (χ0n) is 18.8. The first-order chi connectivity index (χ1) is 15.4. The molecule has 0 radical (unpaired) electrons. The van der Waals surface area contributed by atoms with Crippen molar-refractivity contribution in [3.8, 4) is 11.5 Å². The third-order valence-corrected chi connectivity index (χ3v) is 6.60. The van der Waals surface area contributed by atoms with E-state index in [1.165, 1.54) is 20.3 Å². The Morgan fingerprint density at radius 1 is 1.09 bits per heavy atom. The van der Waals surface area contributed by atoms with Crippen LogP contribution in [0.5, 0.6) is 11.5 Å². The van der Waals surface area contributed by atoms with Crippen molar-refractivity contribution in [3.63, 3.8) is 0 Å². The zero-order chi connectivity index (χ0) is 24.8. The van der Waals surface area contributed by atoms with E-state index in [0.29, 0.717) is 29.7 Å². The Hall–Kier alpha value is -2.79. The van der Waals surface area contributed by atoms with Gasteiger partial charge < -0.3 is 14.8 Å². The fraction of sp³-hybridized carbons (Fsp3) is 0.409. The van der Waals surface area contributed by atoms with Gasteiger partial charge in [0, 0.05) is 12.6 Å². The summed E-state index contributed by atoms with van der Waals surface area (Å²) in [5.41, 5.74) is -0.789. The number of methoxy groups -OCH3 is 2. The van der Waals surface area contributed by atoms with Crippen molar-refractivity contribution in [2.75, 3.05) is 32.6 Å². The van der Waals surface area contributed by atoms with Crippen LogP contribution < -0.4 is 14.8 Å². The predicted molar refractivity (Wildman–Crippen MR) is 118 cm³/mol. The monoisotopic (exact) mass is 488 g/mol. The van der Waals surface area contributed by atoms with E-state index in [1.807, 2.05) is 13.8 Å². The molecule has 1 amide bonds. The Labute approximate surface area is 191 Å². The lowest BCUT2D eigenvalue weighted by atomic mass is 10.1. The lowest BCUT2D eigenvalue weighted by Gasteiger charge is -2.23. The minimum absolute atomic E-state index is 0.0383. The molecule has 0 saturated carbocycles. The molecule has 11 heteroatoms. The van der Waals surface area contributed by atoms with E-state index in [2.05, 4.69) is 5.32 Å². The molecule has 33 heavy (non-hydrogen) atoms. The van der Waals surface area contributed by atoms with Crippen LogP contribution >= 0.6 is 0 Å². The van der Waals surface area contributed by atoms with Gasteiger partial charge in [0.1, 0.15) is 11.5 Å². The minimum Gasteiger partial charge on any atom is -0.497 e. The van der Waals surface area contributed by atoms with Crippen LogP contribution in [0.25, 0.3) is 0 Å². The number of sulfonamides is 1. The molecule has 2 aromatic carbocycles. The lowest BCUT2D eigenvalue weighted by molar-refractivity contribution is -0.137. The first kappa shape index (κ1) is 26.5. The molecule has 1 N–H and O–H groups in total. The van der Waals surface area contributed by atoms with Crippen molar-refractivity contribution in [2.24, 2.45) is 5.92 Å². The number of carbonyl (C=O) groups excluding carboxylic acids is 1. The number of carbonyl (C=O) groups is 1. The van der Waals surface area contributed by atoms with Gasteiger partial charge in [-0.2, -0.15) is 17.5 Å². The third kappa shape index (κ3) is 7.10. The normalized spacial score (nSPS) is 12.2. The van der Waals surface area contributed by atoms with Gasteiger partial charge in [0.2, 0.25) is 15.9 Å². The molecule has 0 bridgehead atoms. The summed E-state index contributed by atoms with van der Waals surface area (Å²) >= 11 is 0. The highest BCUT2D eigenvalue weighted by molar-refractivity contribution is 7.89. The predicted octanol–water partition coefficient (Wildman–Crippen LogP) is 4.40. The van der Waals surface area contributed by atoms with Gasteiger partial charge in [-0.15, -0.1) is 0 Å². The second-order valence-electron chi connectivity index (χ2n) is 7.66. The Morgan fingerprint density at radius 3 is 2.36 bits per heavy atom. The topological polar surface area (TPSA) is 84.9 Å². The largest absolute Gasteiger partial charge is 0.497 e. The number of amides is 1. The van der Waals surface area contributed by atoms with Gasteiger partial charge in [0.25, 0.3) is 0 Å². The van der Waals surface area contributed by atoms with Gasteiger partial charge >= 0.3 is 6.18 Å². The van der Waals surface area contributed by atoms with Crippen molar-refractivity contribution in [1.82, 2.24) is 4.31 Å². The van der Waals surface area contributed by atoms with Gasteiger partial charge in [0.05, 0.1) is 36.9 Å². The molecule has 0 spiro atoms. The molecule has 0 saturated heterocycles. The molecule has 0 fully saturated rings. The van der Waals surface area contributed by atoms with E-state index in [4.69, 9.17) is 9.47 Å². The number of halogens is 3. The van der Waals surface area contributed by atoms with E-state index >= 15 is 0 Å². The maximum Gasteiger partial charge on any atom is 0.416 e.